The molecule has 4 rings (SSSR count). The zero-order chi connectivity index (χ0) is 20.0. The molecule has 0 saturated heterocycles. The summed E-state index contributed by atoms with van der Waals surface area (Å²) in [4.78, 5) is 0. The molecule has 3 heteroatoms. The third kappa shape index (κ3) is 4.63. The second-order valence-electron chi connectivity index (χ2n) is 9.20. The van der Waals surface area contributed by atoms with Crippen molar-refractivity contribution in [2.45, 2.75) is 66.2 Å². The molecule has 0 saturated carbocycles. The van der Waals surface area contributed by atoms with Gasteiger partial charge in [0, 0.05) is 0 Å². The summed E-state index contributed by atoms with van der Waals surface area (Å²) in [6, 6.07) is 12.3. The first kappa shape index (κ1) is 25.3. The van der Waals surface area contributed by atoms with Crippen molar-refractivity contribution in [3.63, 3.8) is 0 Å². The van der Waals surface area contributed by atoms with Crippen molar-refractivity contribution >= 4 is 7.68 Å². The molecule has 0 unspecified atom stereocenters. The molecule has 0 nitrogen and oxygen atoms in total. The molecule has 0 amide bonds. The molecule has 0 fully saturated rings. The second-order valence-corrected chi connectivity index (χ2v) is 13.8. The molecule has 0 atom stereocenters. The molecule has 0 aliphatic heterocycles. The minimum atomic E-state index is -1.62. The summed E-state index contributed by atoms with van der Waals surface area (Å²) in [6.45, 7) is 14.0. The molecule has 0 N–H and O–H groups in total. The van der Waals surface area contributed by atoms with Crippen LogP contribution in [0, 0.1) is 0 Å². The van der Waals surface area contributed by atoms with Gasteiger partial charge in [-0.05, 0) is 0 Å². The van der Waals surface area contributed by atoms with Crippen LogP contribution in [0.25, 0.3) is 11.1 Å². The second kappa shape index (κ2) is 10.1. The topological polar surface area (TPSA) is 0 Å². The van der Waals surface area contributed by atoms with Crippen LogP contribution in [-0.4, -0.2) is 3.81 Å². The number of halogens is 2. The third-order valence-electron chi connectivity index (χ3n) is 6.26. The van der Waals surface area contributed by atoms with E-state index < -0.39 is 17.4 Å². The number of rotatable bonds is 4. The molecule has 0 radical (unpaired) electrons. The van der Waals surface area contributed by atoms with Crippen LogP contribution in [0.15, 0.2) is 52.4 Å². The van der Waals surface area contributed by atoms with Crippen LogP contribution in [0.2, 0.25) is 0 Å². The van der Waals surface area contributed by atoms with Gasteiger partial charge in [-0.25, -0.2) is 0 Å². The fraction of sp³-hybridized carbons (Fsp3) is 0.370. The Labute approximate surface area is 201 Å². The van der Waals surface area contributed by atoms with Crippen molar-refractivity contribution in [2.75, 3.05) is 0 Å². The SMILES string of the molecule is C[C](C)=[Ti+2]([C]1=CC=CC1)[c]1cc(C(C)C)cc2c1Cc1ccc(C(C)C)cc1-2.[Cl-].[Cl-]. The van der Waals surface area contributed by atoms with Crippen molar-refractivity contribution in [3.05, 3.63) is 74.7 Å². The van der Waals surface area contributed by atoms with Gasteiger partial charge in [0.2, 0.25) is 0 Å². The van der Waals surface area contributed by atoms with E-state index in [1.165, 1.54) is 27.8 Å². The summed E-state index contributed by atoms with van der Waals surface area (Å²) in [6.07, 6.45) is 9.28. The van der Waals surface area contributed by atoms with E-state index in [4.69, 9.17) is 0 Å². The van der Waals surface area contributed by atoms with Gasteiger partial charge in [0.25, 0.3) is 0 Å². The average Bonchev–Trinajstić information content (AvgIpc) is 3.28. The van der Waals surface area contributed by atoms with Gasteiger partial charge in [0.15, 0.2) is 0 Å². The predicted molar refractivity (Wildman–Crippen MR) is 121 cm³/mol. The normalized spacial score (nSPS) is 13.2. The maximum absolute atomic E-state index is 2.58. The van der Waals surface area contributed by atoms with Crippen molar-refractivity contribution < 1.29 is 42.2 Å². The minimum absolute atomic E-state index is 0. The molecular formula is C27H32Cl2Ti. The van der Waals surface area contributed by atoms with Crippen LogP contribution in [0.4, 0.5) is 0 Å². The summed E-state index contributed by atoms with van der Waals surface area (Å²) < 4.78 is 5.08. The molecule has 30 heavy (non-hydrogen) atoms. The van der Waals surface area contributed by atoms with Gasteiger partial charge in [-0.3, -0.25) is 0 Å². The van der Waals surface area contributed by atoms with Gasteiger partial charge in [-0.2, -0.15) is 0 Å². The number of fused-ring (bicyclic) bond motifs is 3. The van der Waals surface area contributed by atoms with E-state index in [1.807, 2.05) is 0 Å². The zero-order valence-corrected chi connectivity index (χ0v) is 22.0. The molecule has 2 aliphatic rings. The molecule has 2 aromatic rings. The molecular weight excluding hydrogens is 443 g/mol. The monoisotopic (exact) mass is 474 g/mol. The van der Waals surface area contributed by atoms with Crippen LogP contribution in [0.1, 0.15) is 82.1 Å². The minimum Gasteiger partial charge on any atom is -1.00 e. The maximum atomic E-state index is 2.58. The molecule has 0 spiro atoms. The Morgan fingerprint density at radius 1 is 0.867 bits per heavy atom. The summed E-state index contributed by atoms with van der Waals surface area (Å²) in [5.41, 5.74) is 9.14. The van der Waals surface area contributed by atoms with E-state index in [0.29, 0.717) is 11.8 Å². The smallest absolute Gasteiger partial charge is 1.00 e. The number of allylic oxidation sites excluding steroid dienone is 4. The van der Waals surface area contributed by atoms with Gasteiger partial charge in [-0.1, -0.05) is 0 Å². The summed E-state index contributed by atoms with van der Waals surface area (Å²) in [5, 5.41) is 0. The van der Waals surface area contributed by atoms with Crippen LogP contribution in [-0.2, 0) is 23.8 Å². The summed E-state index contributed by atoms with van der Waals surface area (Å²) in [5.74, 6) is 1.14. The van der Waals surface area contributed by atoms with Crippen LogP contribution in [0.3, 0.4) is 0 Å². The summed E-state index contributed by atoms with van der Waals surface area (Å²) >= 11 is -1.62. The van der Waals surface area contributed by atoms with Gasteiger partial charge >= 0.3 is 177 Å². The number of hydrogen-bond donors (Lipinski definition) is 0. The first-order valence-corrected chi connectivity index (χ1v) is 13.0. The first-order valence-electron chi connectivity index (χ1n) is 10.7. The number of hydrogen-bond acceptors (Lipinski definition) is 0. The Balaban J connectivity index is 0.00000160. The average molecular weight is 475 g/mol. The Bertz CT molecular complexity index is 1040. The van der Waals surface area contributed by atoms with Gasteiger partial charge in [-0.15, -0.1) is 0 Å². The van der Waals surface area contributed by atoms with E-state index in [1.54, 1.807) is 17.1 Å². The van der Waals surface area contributed by atoms with Crippen molar-refractivity contribution in [2.24, 2.45) is 0 Å². The molecule has 2 aliphatic carbocycles. The molecule has 0 aromatic heterocycles. The Hall–Kier alpha value is -0.916. The maximum Gasteiger partial charge on any atom is -1.00 e. The zero-order valence-electron chi connectivity index (χ0n) is 18.9. The molecule has 0 heterocycles. The predicted octanol–water partition coefficient (Wildman–Crippen LogP) is 0.812. The van der Waals surface area contributed by atoms with Crippen molar-refractivity contribution in [3.8, 4) is 11.1 Å². The Kier molecular flexibility index (Phi) is 8.56. The van der Waals surface area contributed by atoms with E-state index in [-0.39, 0.29) is 24.8 Å². The largest absolute Gasteiger partial charge is 1.00 e. The van der Waals surface area contributed by atoms with Crippen LogP contribution >= 0.6 is 0 Å². The van der Waals surface area contributed by atoms with Crippen LogP contribution in [0.5, 0.6) is 0 Å². The molecule has 158 valence electrons. The van der Waals surface area contributed by atoms with Gasteiger partial charge in [0.05, 0.1) is 0 Å². The molecule has 0 bridgehead atoms. The Morgan fingerprint density at radius 3 is 2.10 bits per heavy atom. The van der Waals surface area contributed by atoms with E-state index in [9.17, 15) is 0 Å². The quantitative estimate of drug-likeness (QED) is 0.491. The summed E-state index contributed by atoms with van der Waals surface area (Å²) in [7, 11) is 0. The number of benzene rings is 2. The fourth-order valence-electron chi connectivity index (χ4n) is 4.63. The Morgan fingerprint density at radius 2 is 1.53 bits per heavy atom. The van der Waals surface area contributed by atoms with E-state index >= 15 is 0 Å². The van der Waals surface area contributed by atoms with Crippen molar-refractivity contribution in [1.29, 1.82) is 0 Å². The van der Waals surface area contributed by atoms with E-state index in [2.05, 4.69) is 90.1 Å². The van der Waals surface area contributed by atoms with Crippen molar-refractivity contribution in [1.82, 2.24) is 0 Å². The fourth-order valence-corrected chi connectivity index (χ4v) is 9.23. The van der Waals surface area contributed by atoms with Gasteiger partial charge in [0.1, 0.15) is 0 Å². The van der Waals surface area contributed by atoms with Gasteiger partial charge < -0.3 is 24.8 Å². The van der Waals surface area contributed by atoms with Crippen LogP contribution < -0.4 is 28.7 Å². The third-order valence-corrected chi connectivity index (χ3v) is 10.9. The standard InChI is InChI=1S/C19H21.C5H5.C3H6.2ClH.Ti/c1-12(2)14-5-7-16-9-17-8-6-15(13(3)4)11-19(17)18(16)10-14;1-2-4-5-3-1;1-3-2;;;/h5-7,10-13H,9H2,1-4H3;1-3H,4H2;1-2H3;2*1H;/q;;;;;+2/p-2. The first-order chi connectivity index (χ1) is 13.4. The molecule has 2 aromatic carbocycles. The van der Waals surface area contributed by atoms with E-state index in [0.717, 1.165) is 12.8 Å².